The minimum atomic E-state index is -0.388. The van der Waals surface area contributed by atoms with Crippen molar-refractivity contribution >= 4 is 61.0 Å². The predicted octanol–water partition coefficient (Wildman–Crippen LogP) is 9.79. The molecule has 2 saturated carbocycles. The van der Waals surface area contributed by atoms with Crippen molar-refractivity contribution in [2.45, 2.75) is 96.1 Å². The van der Waals surface area contributed by atoms with Gasteiger partial charge in [-0.2, -0.15) is 0 Å². The largest absolute Gasteiger partial charge is 0.508 e. The second-order valence-electron chi connectivity index (χ2n) is 15.6. The number of thiophene rings is 2. The van der Waals surface area contributed by atoms with E-state index in [2.05, 4.69) is 0 Å². The molecule has 4 heterocycles. The highest BCUT2D eigenvalue weighted by Crippen LogP contribution is 2.50. The average Bonchev–Trinajstić information content (AvgIpc) is 4.01. The van der Waals surface area contributed by atoms with Gasteiger partial charge in [-0.25, -0.2) is 9.59 Å². The van der Waals surface area contributed by atoms with Crippen LogP contribution in [0.25, 0.3) is 42.9 Å². The number of hydrogen-bond donors (Lipinski definition) is 5. The third kappa shape index (κ3) is 8.95. The molecule has 15 heteroatoms. The number of hydrogen-bond acceptors (Lipinski definition) is 13. The molecule has 8 rings (SSSR count). The summed E-state index contributed by atoms with van der Waals surface area (Å²) in [7, 11) is 2.74. The number of benzene rings is 2. The summed E-state index contributed by atoms with van der Waals surface area (Å²) < 4.78 is 21.1. The molecule has 4 aromatic heterocycles. The van der Waals surface area contributed by atoms with Gasteiger partial charge in [0.05, 0.1) is 59.2 Å². The molecule has 0 amide bonds. The van der Waals surface area contributed by atoms with Crippen LogP contribution < -0.4 is 0 Å². The summed E-state index contributed by atoms with van der Waals surface area (Å²) in [6.07, 6.45) is 11.1. The topological polar surface area (TPSA) is 190 Å². The zero-order chi connectivity index (χ0) is 43.4. The van der Waals surface area contributed by atoms with E-state index in [1.807, 2.05) is 21.3 Å². The molecule has 13 nitrogen and oxygen atoms in total. The Morgan fingerprint density at radius 2 is 1.07 bits per heavy atom. The van der Waals surface area contributed by atoms with Crippen LogP contribution in [0.3, 0.4) is 0 Å². The summed E-state index contributed by atoms with van der Waals surface area (Å²) in [6, 6.07) is 12.8. The third-order valence-electron chi connectivity index (χ3n) is 11.8. The summed E-state index contributed by atoms with van der Waals surface area (Å²) >= 11 is 2.80. The lowest BCUT2D eigenvalue weighted by atomic mass is 9.83. The first-order valence-electron chi connectivity index (χ1n) is 20.7. The number of nitrogens with zero attached hydrogens (tertiary/aromatic N) is 2. The van der Waals surface area contributed by atoms with E-state index < -0.39 is 0 Å². The molecule has 0 saturated heterocycles. The molecular weight excluding hydrogens is 821 g/mol. The molecule has 0 radical (unpaired) electrons. The summed E-state index contributed by atoms with van der Waals surface area (Å²) in [5.41, 5.74) is 6.88. The molecule has 0 spiro atoms. The van der Waals surface area contributed by atoms with Crippen LogP contribution in [0.4, 0.5) is 0 Å². The molecule has 2 aromatic carbocycles. The molecule has 5 N–H and O–H groups in total. The fraction of sp³-hybridized carbons (Fsp3) is 0.413. The summed E-state index contributed by atoms with van der Waals surface area (Å²) in [5, 5.41) is 50.6. The van der Waals surface area contributed by atoms with Gasteiger partial charge in [-0.1, -0.05) is 38.5 Å². The van der Waals surface area contributed by atoms with Crippen molar-refractivity contribution in [2.24, 2.45) is 0 Å². The molecule has 324 valence electrons. The number of aromatic nitrogens is 2. The highest BCUT2D eigenvalue weighted by molar-refractivity contribution is 7.21. The van der Waals surface area contributed by atoms with Crippen molar-refractivity contribution in [1.29, 1.82) is 0 Å². The van der Waals surface area contributed by atoms with E-state index in [9.17, 15) is 39.9 Å². The highest BCUT2D eigenvalue weighted by Gasteiger charge is 2.32. The van der Waals surface area contributed by atoms with Gasteiger partial charge in [0, 0.05) is 36.7 Å². The number of aliphatic hydroxyl groups excluding tert-OH is 1. The first-order chi connectivity index (χ1) is 29.4. The molecule has 2 fully saturated rings. The number of aliphatic hydroxyl groups is 1. The lowest BCUT2D eigenvalue weighted by molar-refractivity contribution is -0.141. The van der Waals surface area contributed by atoms with Crippen molar-refractivity contribution < 1.29 is 54.1 Å². The van der Waals surface area contributed by atoms with E-state index in [-0.39, 0.29) is 60.0 Å². The molecule has 0 unspecified atom stereocenters. The second-order valence-corrected chi connectivity index (χ2v) is 17.7. The Morgan fingerprint density at radius 1 is 0.639 bits per heavy atom. The number of carbonyl (C=O) groups is 3. The molecule has 0 atom stereocenters. The zero-order valence-corrected chi connectivity index (χ0v) is 36.2. The van der Waals surface area contributed by atoms with Gasteiger partial charge in [-0.05, 0) is 85.0 Å². The van der Waals surface area contributed by atoms with Crippen molar-refractivity contribution in [3.8, 4) is 45.5 Å². The standard InChI is InChI=1S/C24H27NO6S.C22H25NO5S/c1-14(26)31-11-10-25-18-13-20(24(29)30-2)32-23(18)21(15-6-4-3-5-7-15)22(25)17-9-8-16(27)12-19(17)28;1-28-22(27)18-12-16-21(29-18)19(13-5-3-2-4-6-13)20(23(16)9-10-24)15-8-7-14(25)11-17(15)26/h8-9,12-13,15,27-28H,3-7,10-11H2,1-2H3;7-8,11-13,24-26H,2-6,9-10H2,1H3. The average molecular weight is 873 g/mol. The van der Waals surface area contributed by atoms with Gasteiger partial charge < -0.3 is 48.9 Å². The number of esters is 3. The molecule has 2 aliphatic carbocycles. The van der Waals surface area contributed by atoms with Crippen LogP contribution in [-0.4, -0.2) is 80.0 Å². The highest BCUT2D eigenvalue weighted by atomic mass is 32.1. The van der Waals surface area contributed by atoms with Gasteiger partial charge in [0.1, 0.15) is 39.4 Å². The van der Waals surface area contributed by atoms with Crippen LogP contribution in [0.15, 0.2) is 48.5 Å². The molecule has 61 heavy (non-hydrogen) atoms. The van der Waals surface area contributed by atoms with E-state index in [4.69, 9.17) is 14.2 Å². The lowest BCUT2D eigenvalue weighted by Crippen LogP contribution is -2.11. The maximum absolute atomic E-state index is 12.3. The van der Waals surface area contributed by atoms with Crippen LogP contribution in [0.5, 0.6) is 23.0 Å². The van der Waals surface area contributed by atoms with Gasteiger partial charge in [-0.3, -0.25) is 4.79 Å². The second kappa shape index (κ2) is 19.0. The Bertz CT molecular complexity index is 2550. The van der Waals surface area contributed by atoms with Crippen molar-refractivity contribution in [3.63, 3.8) is 0 Å². The lowest BCUT2D eigenvalue weighted by Gasteiger charge is -2.24. The Morgan fingerprint density at radius 3 is 1.44 bits per heavy atom. The smallest absolute Gasteiger partial charge is 0.348 e. The SMILES string of the molecule is COC(=O)c1cc2c(s1)c(C1CCCCC1)c(-c1ccc(O)cc1O)n2CCO.COC(=O)c1cc2c(s1)c(C1CCCCC1)c(-c1ccc(O)cc1O)n2CCOC(C)=O. The number of phenols is 4. The maximum Gasteiger partial charge on any atom is 0.348 e. The first-order valence-corrected chi connectivity index (χ1v) is 22.4. The van der Waals surface area contributed by atoms with Crippen LogP contribution >= 0.6 is 22.7 Å². The van der Waals surface area contributed by atoms with Gasteiger partial charge in [0.25, 0.3) is 0 Å². The van der Waals surface area contributed by atoms with E-state index >= 15 is 0 Å². The zero-order valence-electron chi connectivity index (χ0n) is 34.6. The predicted molar refractivity (Wildman–Crippen MR) is 235 cm³/mol. The molecular formula is C46H52N2O11S2. The van der Waals surface area contributed by atoms with Gasteiger partial charge in [-0.15, -0.1) is 22.7 Å². The minimum Gasteiger partial charge on any atom is -0.508 e. The Balaban J connectivity index is 0.000000185. The van der Waals surface area contributed by atoms with E-state index in [1.165, 1.54) is 68.8 Å². The van der Waals surface area contributed by atoms with Crippen molar-refractivity contribution in [2.75, 3.05) is 27.4 Å². The van der Waals surface area contributed by atoms with Gasteiger partial charge in [0.15, 0.2) is 0 Å². The first kappa shape index (κ1) is 43.6. The summed E-state index contributed by atoms with van der Waals surface area (Å²) in [6.45, 7) is 2.18. The van der Waals surface area contributed by atoms with Crippen molar-refractivity contribution in [3.05, 3.63) is 69.4 Å². The minimum absolute atomic E-state index is 0.000376. The van der Waals surface area contributed by atoms with Gasteiger partial charge >= 0.3 is 17.9 Å². The fourth-order valence-corrected chi connectivity index (χ4v) is 11.5. The Labute approximate surface area is 361 Å². The molecule has 2 aliphatic rings. The number of fused-ring (bicyclic) bond motifs is 2. The molecule has 0 bridgehead atoms. The van der Waals surface area contributed by atoms with Gasteiger partial charge in [0.2, 0.25) is 0 Å². The van der Waals surface area contributed by atoms with E-state index in [0.717, 1.165) is 94.3 Å². The number of methoxy groups -OCH3 is 2. The van der Waals surface area contributed by atoms with Crippen molar-refractivity contribution in [1.82, 2.24) is 9.13 Å². The van der Waals surface area contributed by atoms with E-state index in [0.29, 0.717) is 39.9 Å². The fourth-order valence-electron chi connectivity index (χ4n) is 9.11. The number of rotatable bonds is 11. The number of carbonyl (C=O) groups excluding carboxylic acids is 3. The Kier molecular flexibility index (Phi) is 13.6. The normalized spacial score (nSPS) is 14.8. The maximum atomic E-state index is 12.3. The monoisotopic (exact) mass is 872 g/mol. The molecule has 0 aliphatic heterocycles. The van der Waals surface area contributed by atoms with Crippen LogP contribution in [0.1, 0.15) is 113 Å². The van der Waals surface area contributed by atoms with Crippen LogP contribution in [0.2, 0.25) is 0 Å². The van der Waals surface area contributed by atoms with E-state index in [1.54, 1.807) is 24.3 Å². The number of aromatic hydroxyl groups is 4. The molecule has 6 aromatic rings. The Hall–Kier alpha value is -5.51. The number of ether oxygens (including phenoxy) is 3. The van der Waals surface area contributed by atoms with Crippen LogP contribution in [0, 0.1) is 0 Å². The summed E-state index contributed by atoms with van der Waals surface area (Å²) in [5.74, 6) is -0.554. The quantitative estimate of drug-likeness (QED) is 0.0615. The van der Waals surface area contributed by atoms with Crippen LogP contribution in [-0.2, 0) is 32.1 Å². The summed E-state index contributed by atoms with van der Waals surface area (Å²) in [4.78, 5) is 36.8. The number of phenolic OH excluding ortho intramolecular Hbond substituents is 4. The third-order valence-corrected chi connectivity index (χ3v) is 14.0.